The summed E-state index contributed by atoms with van der Waals surface area (Å²) in [6.45, 7) is 0. The van der Waals surface area contributed by atoms with Gasteiger partial charge < -0.3 is 5.32 Å². The maximum Gasteiger partial charge on any atom is 0.416 e. The van der Waals surface area contributed by atoms with Gasteiger partial charge >= 0.3 is 6.18 Å². The number of hydrogen-bond acceptors (Lipinski definition) is 3. The van der Waals surface area contributed by atoms with Crippen molar-refractivity contribution in [3.05, 3.63) is 64.3 Å². The molecule has 0 saturated carbocycles. The number of benzene rings is 2. The third-order valence-electron chi connectivity index (χ3n) is 3.43. The standard InChI is InChI=1S/C17H9F4NOS2/c18-13-5-4-11(17(19,20)21)8-12(13)10-3-1-2-9(6-10)7-14-15(23)22-16(24)25-14/h1-8H,(H,22,23,24)/b14-7-. The molecule has 25 heavy (non-hydrogen) atoms. The molecule has 2 aromatic rings. The van der Waals surface area contributed by atoms with Crippen LogP contribution in [0.25, 0.3) is 17.2 Å². The second-order valence-electron chi connectivity index (χ2n) is 5.17. The van der Waals surface area contributed by atoms with Gasteiger partial charge in [-0.15, -0.1) is 0 Å². The lowest BCUT2D eigenvalue weighted by atomic mass is 10.00. The molecular weight excluding hydrogens is 374 g/mol. The Morgan fingerprint density at radius 2 is 1.88 bits per heavy atom. The molecule has 0 unspecified atom stereocenters. The Hall–Kier alpha value is -2.19. The summed E-state index contributed by atoms with van der Waals surface area (Å²) in [5, 5.41) is 2.47. The summed E-state index contributed by atoms with van der Waals surface area (Å²) >= 11 is 5.98. The third kappa shape index (κ3) is 3.91. The number of carbonyl (C=O) groups is 1. The van der Waals surface area contributed by atoms with E-state index in [2.05, 4.69) is 5.32 Å². The van der Waals surface area contributed by atoms with E-state index in [0.29, 0.717) is 20.9 Å². The highest BCUT2D eigenvalue weighted by Gasteiger charge is 2.31. The van der Waals surface area contributed by atoms with Gasteiger partial charge in [-0.05, 0) is 41.5 Å². The molecule has 0 aliphatic carbocycles. The number of hydrogen-bond donors (Lipinski definition) is 1. The zero-order chi connectivity index (χ0) is 18.2. The van der Waals surface area contributed by atoms with Crippen LogP contribution in [0.1, 0.15) is 11.1 Å². The molecule has 8 heteroatoms. The summed E-state index contributed by atoms with van der Waals surface area (Å²) in [7, 11) is 0. The summed E-state index contributed by atoms with van der Waals surface area (Å²) in [4.78, 5) is 12.0. The summed E-state index contributed by atoms with van der Waals surface area (Å²) in [6.07, 6.45) is -3.01. The molecule has 128 valence electrons. The zero-order valence-corrected chi connectivity index (χ0v) is 14.0. The fraction of sp³-hybridized carbons (Fsp3) is 0.0588. The fourth-order valence-corrected chi connectivity index (χ4v) is 3.34. The molecule has 1 N–H and O–H groups in total. The number of halogens is 4. The number of alkyl halides is 3. The van der Waals surface area contributed by atoms with Crippen LogP contribution in [0.15, 0.2) is 47.4 Å². The van der Waals surface area contributed by atoms with Crippen LogP contribution < -0.4 is 5.32 Å². The number of rotatable bonds is 2. The molecule has 0 atom stereocenters. The van der Waals surface area contributed by atoms with Gasteiger partial charge in [-0.25, -0.2) is 4.39 Å². The minimum Gasteiger partial charge on any atom is -0.307 e. The van der Waals surface area contributed by atoms with Crippen molar-refractivity contribution >= 4 is 40.3 Å². The summed E-state index contributed by atoms with van der Waals surface area (Å²) in [5.41, 5.74) is -0.251. The van der Waals surface area contributed by atoms with Crippen LogP contribution in [0.3, 0.4) is 0 Å². The van der Waals surface area contributed by atoms with Crippen molar-refractivity contribution in [2.75, 3.05) is 0 Å². The first kappa shape index (κ1) is 17.6. The molecular formula is C17H9F4NOS2. The normalized spacial score (nSPS) is 16.4. The predicted octanol–water partition coefficient (Wildman–Crippen LogP) is 5.00. The quantitative estimate of drug-likeness (QED) is 0.450. The Kier molecular flexibility index (Phi) is 4.66. The lowest BCUT2D eigenvalue weighted by Gasteiger charge is -2.10. The molecule has 3 rings (SSSR count). The molecule has 1 amide bonds. The van der Waals surface area contributed by atoms with Gasteiger partial charge in [-0.3, -0.25) is 4.79 Å². The van der Waals surface area contributed by atoms with Crippen LogP contribution in [-0.4, -0.2) is 10.2 Å². The number of amides is 1. The zero-order valence-electron chi connectivity index (χ0n) is 12.4. The monoisotopic (exact) mass is 383 g/mol. The Morgan fingerprint density at radius 1 is 1.12 bits per heavy atom. The molecule has 1 saturated heterocycles. The van der Waals surface area contributed by atoms with Crippen molar-refractivity contribution < 1.29 is 22.4 Å². The topological polar surface area (TPSA) is 29.1 Å². The van der Waals surface area contributed by atoms with Crippen molar-refractivity contribution in [3.8, 4) is 11.1 Å². The Morgan fingerprint density at radius 3 is 2.52 bits per heavy atom. The van der Waals surface area contributed by atoms with E-state index in [0.717, 1.165) is 23.9 Å². The van der Waals surface area contributed by atoms with E-state index in [1.54, 1.807) is 18.2 Å². The van der Waals surface area contributed by atoms with Gasteiger partial charge in [-0.2, -0.15) is 13.2 Å². The van der Waals surface area contributed by atoms with Crippen molar-refractivity contribution in [1.29, 1.82) is 0 Å². The van der Waals surface area contributed by atoms with Crippen molar-refractivity contribution in [2.24, 2.45) is 0 Å². The van der Waals surface area contributed by atoms with Gasteiger partial charge in [0.15, 0.2) is 0 Å². The minimum atomic E-state index is -4.56. The first-order chi connectivity index (χ1) is 11.7. The van der Waals surface area contributed by atoms with E-state index in [9.17, 15) is 22.4 Å². The largest absolute Gasteiger partial charge is 0.416 e. The van der Waals surface area contributed by atoms with Crippen LogP contribution in [-0.2, 0) is 11.0 Å². The molecule has 0 bridgehead atoms. The molecule has 0 aromatic heterocycles. The number of thiocarbonyl (C=S) groups is 1. The summed E-state index contributed by atoms with van der Waals surface area (Å²) in [6, 6.07) is 8.53. The SMILES string of the molecule is O=C1NC(=S)S/C1=C\c1cccc(-c2cc(C(F)(F)F)ccc2F)c1. The highest BCUT2D eigenvalue weighted by Crippen LogP contribution is 2.34. The highest BCUT2D eigenvalue weighted by atomic mass is 32.2. The molecule has 0 radical (unpaired) electrons. The van der Waals surface area contributed by atoms with Gasteiger partial charge in [0.05, 0.1) is 10.5 Å². The van der Waals surface area contributed by atoms with Crippen LogP contribution in [0.4, 0.5) is 17.6 Å². The van der Waals surface area contributed by atoms with E-state index in [1.807, 2.05) is 0 Å². The number of nitrogens with one attached hydrogen (secondary N) is 1. The average Bonchev–Trinajstić information content (AvgIpc) is 2.84. The highest BCUT2D eigenvalue weighted by molar-refractivity contribution is 8.26. The second-order valence-corrected chi connectivity index (χ2v) is 6.89. The van der Waals surface area contributed by atoms with Crippen LogP contribution >= 0.6 is 24.0 Å². The maximum absolute atomic E-state index is 14.0. The Labute approximate surface area is 149 Å². The van der Waals surface area contributed by atoms with Crippen molar-refractivity contribution in [1.82, 2.24) is 5.32 Å². The maximum atomic E-state index is 14.0. The molecule has 2 nitrogen and oxygen atoms in total. The second kappa shape index (κ2) is 6.61. The summed E-state index contributed by atoms with van der Waals surface area (Å²) < 4.78 is 52.9. The van der Waals surface area contributed by atoms with Gasteiger partial charge in [0, 0.05) is 5.56 Å². The van der Waals surface area contributed by atoms with E-state index in [4.69, 9.17) is 12.2 Å². The lowest BCUT2D eigenvalue weighted by Crippen LogP contribution is -2.17. The van der Waals surface area contributed by atoms with Crippen molar-refractivity contribution in [2.45, 2.75) is 6.18 Å². The minimum absolute atomic E-state index is 0.158. The Balaban J connectivity index is 2.01. The molecule has 1 heterocycles. The predicted molar refractivity (Wildman–Crippen MR) is 93.1 cm³/mol. The molecule has 0 spiro atoms. The van der Waals surface area contributed by atoms with Gasteiger partial charge in [-0.1, -0.05) is 42.2 Å². The fourth-order valence-electron chi connectivity index (χ4n) is 2.29. The molecule has 1 aliphatic heterocycles. The Bertz CT molecular complexity index is 906. The third-order valence-corrected chi connectivity index (χ3v) is 4.59. The first-order valence-corrected chi connectivity index (χ1v) is 8.18. The molecule has 1 fully saturated rings. The van der Waals surface area contributed by atoms with Gasteiger partial charge in [0.1, 0.15) is 10.1 Å². The van der Waals surface area contributed by atoms with E-state index < -0.39 is 17.6 Å². The number of carbonyl (C=O) groups excluding carboxylic acids is 1. The van der Waals surface area contributed by atoms with E-state index in [-0.39, 0.29) is 17.0 Å². The van der Waals surface area contributed by atoms with E-state index >= 15 is 0 Å². The average molecular weight is 383 g/mol. The lowest BCUT2D eigenvalue weighted by molar-refractivity contribution is -0.137. The van der Waals surface area contributed by atoms with Crippen molar-refractivity contribution in [3.63, 3.8) is 0 Å². The van der Waals surface area contributed by atoms with Gasteiger partial charge in [0.25, 0.3) is 5.91 Å². The first-order valence-electron chi connectivity index (χ1n) is 6.96. The van der Waals surface area contributed by atoms with Crippen LogP contribution in [0, 0.1) is 5.82 Å². The van der Waals surface area contributed by atoms with Crippen LogP contribution in [0.2, 0.25) is 0 Å². The summed E-state index contributed by atoms with van der Waals surface area (Å²) in [5.74, 6) is -1.10. The van der Waals surface area contributed by atoms with Gasteiger partial charge in [0.2, 0.25) is 0 Å². The van der Waals surface area contributed by atoms with E-state index in [1.165, 1.54) is 12.1 Å². The number of thioether (sulfide) groups is 1. The molecule has 2 aromatic carbocycles. The van der Waals surface area contributed by atoms with Crippen LogP contribution in [0.5, 0.6) is 0 Å². The molecule has 1 aliphatic rings. The smallest absolute Gasteiger partial charge is 0.307 e.